The number of likely N-dealkylation sites (N-methyl/N-ethyl adjacent to an activating group) is 1. The van der Waals surface area contributed by atoms with Crippen molar-refractivity contribution in [2.75, 3.05) is 27.2 Å². The first-order chi connectivity index (χ1) is 13.5. The summed E-state index contributed by atoms with van der Waals surface area (Å²) in [6.07, 6.45) is 0.879. The molecule has 0 aromatic heterocycles. The molecule has 5 heteroatoms. The van der Waals surface area contributed by atoms with Gasteiger partial charge in [0.05, 0.1) is 29.2 Å². The second-order valence-corrected chi connectivity index (χ2v) is 7.54. The smallest absolute Gasteiger partial charge is 0.224 e. The molecule has 1 aliphatic rings. The van der Waals surface area contributed by atoms with E-state index in [1.165, 1.54) is 0 Å². The first-order valence-electron chi connectivity index (χ1n) is 9.46. The number of nitrogens with zero attached hydrogens (tertiary/aromatic N) is 3. The number of rotatable bonds is 6. The van der Waals surface area contributed by atoms with Gasteiger partial charge in [0.15, 0.2) is 0 Å². The Bertz CT molecular complexity index is 840. The van der Waals surface area contributed by atoms with Gasteiger partial charge in [-0.2, -0.15) is 10.5 Å². The molecule has 1 amide bonds. The summed E-state index contributed by atoms with van der Waals surface area (Å²) in [6, 6.07) is 19.3. The molecule has 142 valence electrons. The Labute approximate surface area is 166 Å². The molecule has 1 N–H and O–H groups in total. The lowest BCUT2D eigenvalue weighted by molar-refractivity contribution is -0.129. The molecule has 0 radical (unpaired) electrons. The average Bonchev–Trinajstić information content (AvgIpc) is 2.68. The van der Waals surface area contributed by atoms with E-state index in [1.807, 2.05) is 67.5 Å². The average molecular weight is 372 g/mol. The molecule has 1 fully saturated rings. The number of nitriles is 2. The van der Waals surface area contributed by atoms with Gasteiger partial charge in [0.2, 0.25) is 5.91 Å². The third kappa shape index (κ3) is 4.22. The Morgan fingerprint density at radius 2 is 1.43 bits per heavy atom. The van der Waals surface area contributed by atoms with Crippen LogP contribution in [0.15, 0.2) is 48.5 Å². The number of nitrogens with one attached hydrogen (secondary N) is 1. The molecule has 1 aliphatic carbocycles. The molecule has 0 heterocycles. The van der Waals surface area contributed by atoms with Crippen LogP contribution in [0.4, 0.5) is 0 Å². The molecule has 0 saturated heterocycles. The van der Waals surface area contributed by atoms with Crippen LogP contribution in [0.3, 0.4) is 0 Å². The summed E-state index contributed by atoms with van der Waals surface area (Å²) in [4.78, 5) is 15.0. The fourth-order valence-corrected chi connectivity index (χ4v) is 3.83. The third-order valence-corrected chi connectivity index (χ3v) is 5.47. The lowest BCUT2D eigenvalue weighted by Gasteiger charge is -2.44. The Kier molecular flexibility index (Phi) is 6.09. The van der Waals surface area contributed by atoms with Crippen LogP contribution < -0.4 is 5.32 Å². The molecule has 3 rings (SSSR count). The molecule has 5 nitrogen and oxygen atoms in total. The summed E-state index contributed by atoms with van der Waals surface area (Å²) in [7, 11) is 3.96. The minimum atomic E-state index is -0.150. The van der Waals surface area contributed by atoms with Crippen molar-refractivity contribution in [3.05, 3.63) is 70.8 Å². The van der Waals surface area contributed by atoms with Crippen molar-refractivity contribution in [3.8, 4) is 12.1 Å². The maximum Gasteiger partial charge on any atom is 0.224 e. The first kappa shape index (κ1) is 19.6. The van der Waals surface area contributed by atoms with Crippen LogP contribution in [0.1, 0.15) is 40.5 Å². The summed E-state index contributed by atoms with van der Waals surface area (Å²) >= 11 is 0. The lowest BCUT2D eigenvalue weighted by Crippen LogP contribution is -2.46. The third-order valence-electron chi connectivity index (χ3n) is 5.47. The van der Waals surface area contributed by atoms with Gasteiger partial charge in [-0.1, -0.05) is 24.3 Å². The summed E-state index contributed by atoms with van der Waals surface area (Å²) in [5.74, 6) is 0.181. The number of benzene rings is 2. The molecular formula is C23H24N4O. The quantitative estimate of drug-likeness (QED) is 0.845. The predicted molar refractivity (Wildman–Crippen MR) is 107 cm³/mol. The molecule has 1 saturated carbocycles. The van der Waals surface area contributed by atoms with Gasteiger partial charge in [-0.3, -0.25) is 4.79 Å². The maximum absolute atomic E-state index is 13.0. The number of carbonyl (C=O) groups is 1. The monoisotopic (exact) mass is 372 g/mol. The summed E-state index contributed by atoms with van der Waals surface area (Å²) in [5, 5.41) is 21.1. The van der Waals surface area contributed by atoms with Crippen LogP contribution in [0.5, 0.6) is 0 Å². The molecule has 0 aliphatic heterocycles. The minimum absolute atomic E-state index is 0.0665. The molecule has 28 heavy (non-hydrogen) atoms. The van der Waals surface area contributed by atoms with E-state index in [1.54, 1.807) is 0 Å². The van der Waals surface area contributed by atoms with Gasteiger partial charge in [-0.05, 0) is 67.7 Å². The number of hydrogen-bond donors (Lipinski definition) is 1. The molecule has 2 aromatic carbocycles. The van der Waals surface area contributed by atoms with E-state index in [0.29, 0.717) is 17.7 Å². The Hall–Kier alpha value is -3.15. The Morgan fingerprint density at radius 1 is 0.964 bits per heavy atom. The highest BCUT2D eigenvalue weighted by Crippen LogP contribution is 2.52. The summed E-state index contributed by atoms with van der Waals surface area (Å²) in [5.41, 5.74) is 3.44. The van der Waals surface area contributed by atoms with Crippen molar-refractivity contribution < 1.29 is 4.79 Å². The molecular weight excluding hydrogens is 348 g/mol. The van der Waals surface area contributed by atoms with Crippen molar-refractivity contribution >= 4 is 5.91 Å². The minimum Gasteiger partial charge on any atom is -0.355 e. The van der Waals surface area contributed by atoms with E-state index >= 15 is 0 Å². The highest BCUT2D eigenvalue weighted by Gasteiger charge is 2.46. The van der Waals surface area contributed by atoms with Gasteiger partial charge in [0.1, 0.15) is 0 Å². The highest BCUT2D eigenvalue weighted by molar-refractivity contribution is 5.82. The Balaban J connectivity index is 1.80. The SMILES string of the molecule is CN(C)CCNC(=O)C1[C@@H](c2ccc(C#N)cc2)C[C@H]1c1ccc(C#N)cc1. The first-order valence-corrected chi connectivity index (χ1v) is 9.46. The zero-order chi connectivity index (χ0) is 20.1. The summed E-state index contributed by atoms with van der Waals surface area (Å²) < 4.78 is 0. The van der Waals surface area contributed by atoms with E-state index in [9.17, 15) is 4.79 Å². The van der Waals surface area contributed by atoms with E-state index < -0.39 is 0 Å². The highest BCUT2D eigenvalue weighted by atomic mass is 16.1. The van der Waals surface area contributed by atoms with Gasteiger partial charge < -0.3 is 10.2 Å². The Morgan fingerprint density at radius 3 is 1.82 bits per heavy atom. The number of amides is 1. The molecule has 0 bridgehead atoms. The number of carbonyl (C=O) groups excluding carboxylic acids is 1. The van der Waals surface area contributed by atoms with Gasteiger partial charge in [0, 0.05) is 13.1 Å². The fourth-order valence-electron chi connectivity index (χ4n) is 3.83. The van der Waals surface area contributed by atoms with Gasteiger partial charge in [-0.15, -0.1) is 0 Å². The maximum atomic E-state index is 13.0. The fraction of sp³-hybridized carbons (Fsp3) is 0.348. The normalized spacial score (nSPS) is 20.7. The second kappa shape index (κ2) is 8.69. The standard InChI is InChI=1S/C23H24N4O/c1-27(2)12-11-26-23(28)22-20(18-7-3-16(14-24)4-8-18)13-21(22)19-9-5-17(15-25)6-10-19/h3-10,20-22H,11-13H2,1-2H3,(H,26,28)/t20-,21+,22?. The van der Waals surface area contributed by atoms with Crippen LogP contribution in [-0.4, -0.2) is 38.0 Å². The van der Waals surface area contributed by atoms with Crippen molar-refractivity contribution in [2.24, 2.45) is 5.92 Å². The van der Waals surface area contributed by atoms with Crippen molar-refractivity contribution in [3.63, 3.8) is 0 Å². The van der Waals surface area contributed by atoms with Gasteiger partial charge >= 0.3 is 0 Å². The number of hydrogen-bond acceptors (Lipinski definition) is 4. The largest absolute Gasteiger partial charge is 0.355 e. The van der Waals surface area contributed by atoms with Crippen LogP contribution in [0, 0.1) is 28.6 Å². The van der Waals surface area contributed by atoms with Crippen molar-refractivity contribution in [1.29, 1.82) is 10.5 Å². The van der Waals surface area contributed by atoms with E-state index in [4.69, 9.17) is 10.5 Å². The molecule has 2 aromatic rings. The van der Waals surface area contributed by atoms with E-state index in [0.717, 1.165) is 24.1 Å². The predicted octanol–water partition coefficient (Wildman–Crippen LogP) is 3.00. The van der Waals surface area contributed by atoms with E-state index in [-0.39, 0.29) is 23.7 Å². The van der Waals surface area contributed by atoms with Gasteiger partial charge in [-0.25, -0.2) is 0 Å². The molecule has 1 unspecified atom stereocenters. The van der Waals surface area contributed by atoms with Crippen molar-refractivity contribution in [2.45, 2.75) is 18.3 Å². The molecule has 3 atom stereocenters. The van der Waals surface area contributed by atoms with Gasteiger partial charge in [0.25, 0.3) is 0 Å². The van der Waals surface area contributed by atoms with Crippen molar-refractivity contribution in [1.82, 2.24) is 10.2 Å². The second-order valence-electron chi connectivity index (χ2n) is 7.54. The molecule has 0 spiro atoms. The topological polar surface area (TPSA) is 79.9 Å². The van der Waals surface area contributed by atoms with E-state index in [2.05, 4.69) is 17.5 Å². The van der Waals surface area contributed by atoms with Crippen LogP contribution in [0.2, 0.25) is 0 Å². The zero-order valence-electron chi connectivity index (χ0n) is 16.2. The van der Waals surface area contributed by atoms with Crippen LogP contribution in [0.25, 0.3) is 0 Å². The van der Waals surface area contributed by atoms with Crippen LogP contribution >= 0.6 is 0 Å². The zero-order valence-corrected chi connectivity index (χ0v) is 16.2. The van der Waals surface area contributed by atoms with Crippen LogP contribution in [-0.2, 0) is 4.79 Å². The summed E-state index contributed by atoms with van der Waals surface area (Å²) in [6.45, 7) is 1.41. The lowest BCUT2D eigenvalue weighted by atomic mass is 9.59.